The van der Waals surface area contributed by atoms with Crippen LogP contribution in [0, 0.1) is 12.3 Å². The van der Waals surface area contributed by atoms with Gasteiger partial charge >= 0.3 is 0 Å². The Hall–Kier alpha value is -0.830. The third-order valence-corrected chi connectivity index (χ3v) is 2.99. The Morgan fingerprint density at radius 1 is 1.44 bits per heavy atom. The molecule has 1 aromatic heterocycles. The van der Waals surface area contributed by atoms with Crippen molar-refractivity contribution >= 4 is 0 Å². The minimum Gasteiger partial charge on any atom is -0.334 e. The van der Waals surface area contributed by atoms with Crippen LogP contribution >= 0.6 is 0 Å². The summed E-state index contributed by atoms with van der Waals surface area (Å²) in [6, 6.07) is 0.486. The van der Waals surface area contributed by atoms with Gasteiger partial charge in [0.15, 0.2) is 0 Å². The SMILES string of the molecule is CCCNC(Cn1ccnc1C)C(C)(C)C. The quantitative estimate of drug-likeness (QED) is 0.831. The summed E-state index contributed by atoms with van der Waals surface area (Å²) in [5.41, 5.74) is 0.270. The molecule has 1 heterocycles. The Kier molecular flexibility index (Phi) is 4.54. The summed E-state index contributed by atoms with van der Waals surface area (Å²) < 4.78 is 2.22. The average Bonchev–Trinajstić information content (AvgIpc) is 2.57. The molecule has 0 aliphatic carbocycles. The van der Waals surface area contributed by atoms with Crippen LogP contribution in [0.2, 0.25) is 0 Å². The highest BCUT2D eigenvalue weighted by Gasteiger charge is 2.24. The van der Waals surface area contributed by atoms with Crippen molar-refractivity contribution < 1.29 is 0 Å². The maximum absolute atomic E-state index is 4.27. The first-order chi connectivity index (χ1) is 7.45. The molecule has 1 atom stereocenters. The summed E-state index contributed by atoms with van der Waals surface area (Å²) in [7, 11) is 0. The Morgan fingerprint density at radius 3 is 2.56 bits per heavy atom. The fraction of sp³-hybridized carbons (Fsp3) is 0.769. The van der Waals surface area contributed by atoms with Gasteiger partial charge in [0.1, 0.15) is 5.82 Å². The smallest absolute Gasteiger partial charge is 0.105 e. The van der Waals surface area contributed by atoms with Gasteiger partial charge in [-0.2, -0.15) is 0 Å². The number of rotatable bonds is 5. The van der Waals surface area contributed by atoms with Crippen molar-refractivity contribution in [2.24, 2.45) is 5.41 Å². The van der Waals surface area contributed by atoms with Gasteiger partial charge in [-0.15, -0.1) is 0 Å². The number of imidazole rings is 1. The molecule has 0 saturated carbocycles. The lowest BCUT2D eigenvalue weighted by atomic mass is 9.86. The lowest BCUT2D eigenvalue weighted by Crippen LogP contribution is -2.43. The number of hydrogen-bond acceptors (Lipinski definition) is 2. The maximum Gasteiger partial charge on any atom is 0.105 e. The van der Waals surface area contributed by atoms with Crippen molar-refractivity contribution in [1.82, 2.24) is 14.9 Å². The first-order valence-electron chi connectivity index (χ1n) is 6.16. The van der Waals surface area contributed by atoms with Gasteiger partial charge in [-0.3, -0.25) is 0 Å². The summed E-state index contributed by atoms with van der Waals surface area (Å²) in [6.45, 7) is 13.2. The standard InChI is InChI=1S/C13H25N3/c1-6-7-15-12(13(3,4)5)10-16-9-8-14-11(16)2/h8-9,12,15H,6-7,10H2,1-5H3. The van der Waals surface area contributed by atoms with Crippen molar-refractivity contribution in [3.8, 4) is 0 Å². The second kappa shape index (κ2) is 5.48. The van der Waals surface area contributed by atoms with Gasteiger partial charge < -0.3 is 9.88 Å². The molecule has 0 saturated heterocycles. The molecule has 0 aromatic carbocycles. The van der Waals surface area contributed by atoms with Gasteiger partial charge in [0.05, 0.1) is 0 Å². The molecule has 3 nitrogen and oxygen atoms in total. The Balaban J connectivity index is 2.67. The highest BCUT2D eigenvalue weighted by atomic mass is 15.1. The zero-order chi connectivity index (χ0) is 12.2. The highest BCUT2D eigenvalue weighted by Crippen LogP contribution is 2.21. The summed E-state index contributed by atoms with van der Waals surface area (Å²) in [5, 5.41) is 3.63. The Bertz CT molecular complexity index is 309. The molecule has 1 aromatic rings. The van der Waals surface area contributed by atoms with Crippen LogP contribution in [0.3, 0.4) is 0 Å². The van der Waals surface area contributed by atoms with Gasteiger partial charge in [-0.05, 0) is 25.3 Å². The molecule has 1 N–H and O–H groups in total. The second-order valence-corrected chi connectivity index (χ2v) is 5.50. The van der Waals surface area contributed by atoms with Crippen LogP contribution in [-0.4, -0.2) is 22.1 Å². The van der Waals surface area contributed by atoms with Gasteiger partial charge in [0, 0.05) is 25.0 Å². The monoisotopic (exact) mass is 223 g/mol. The number of hydrogen-bond donors (Lipinski definition) is 1. The highest BCUT2D eigenvalue weighted by molar-refractivity contribution is 4.92. The molecule has 0 aliphatic rings. The van der Waals surface area contributed by atoms with Gasteiger partial charge in [0.25, 0.3) is 0 Å². The first kappa shape index (κ1) is 13.2. The van der Waals surface area contributed by atoms with Crippen LogP contribution in [0.25, 0.3) is 0 Å². The van der Waals surface area contributed by atoms with Crippen LogP contribution in [0.5, 0.6) is 0 Å². The molecular weight excluding hydrogens is 198 g/mol. The van der Waals surface area contributed by atoms with Crippen molar-refractivity contribution in [2.75, 3.05) is 6.54 Å². The van der Waals surface area contributed by atoms with Crippen LogP contribution in [0.15, 0.2) is 12.4 Å². The Morgan fingerprint density at radius 2 is 2.12 bits per heavy atom. The van der Waals surface area contributed by atoms with E-state index >= 15 is 0 Å². The van der Waals surface area contributed by atoms with Gasteiger partial charge in [-0.1, -0.05) is 27.7 Å². The molecule has 0 fully saturated rings. The first-order valence-corrected chi connectivity index (χ1v) is 6.16. The summed E-state index contributed by atoms with van der Waals surface area (Å²) in [5.74, 6) is 1.09. The second-order valence-electron chi connectivity index (χ2n) is 5.50. The van der Waals surface area contributed by atoms with E-state index in [-0.39, 0.29) is 5.41 Å². The minimum absolute atomic E-state index is 0.270. The van der Waals surface area contributed by atoms with Crippen molar-refractivity contribution in [2.45, 2.75) is 53.6 Å². The largest absolute Gasteiger partial charge is 0.334 e. The van der Waals surface area contributed by atoms with Crippen molar-refractivity contribution in [3.05, 3.63) is 18.2 Å². The predicted molar refractivity (Wildman–Crippen MR) is 68.5 cm³/mol. The van der Waals surface area contributed by atoms with Crippen molar-refractivity contribution in [1.29, 1.82) is 0 Å². The number of nitrogens with zero attached hydrogens (tertiary/aromatic N) is 2. The van der Waals surface area contributed by atoms with E-state index in [4.69, 9.17) is 0 Å². The molecule has 0 aliphatic heterocycles. The number of nitrogens with one attached hydrogen (secondary N) is 1. The third kappa shape index (κ3) is 3.63. The third-order valence-electron chi connectivity index (χ3n) is 2.99. The molecule has 1 rings (SSSR count). The van der Waals surface area contributed by atoms with Crippen LogP contribution < -0.4 is 5.32 Å². The fourth-order valence-corrected chi connectivity index (χ4v) is 1.76. The van der Waals surface area contributed by atoms with Crippen LogP contribution in [-0.2, 0) is 6.54 Å². The lowest BCUT2D eigenvalue weighted by Gasteiger charge is -2.32. The summed E-state index contributed by atoms with van der Waals surface area (Å²) >= 11 is 0. The molecular formula is C13H25N3. The van der Waals surface area contributed by atoms with E-state index < -0.39 is 0 Å². The Labute approximate surface area is 99.3 Å². The topological polar surface area (TPSA) is 29.9 Å². The average molecular weight is 223 g/mol. The van der Waals surface area contributed by atoms with E-state index in [1.807, 2.05) is 6.20 Å². The lowest BCUT2D eigenvalue weighted by molar-refractivity contribution is 0.241. The molecule has 3 heteroatoms. The molecule has 16 heavy (non-hydrogen) atoms. The molecule has 1 unspecified atom stereocenters. The van der Waals surface area contributed by atoms with E-state index in [1.165, 1.54) is 6.42 Å². The zero-order valence-electron chi connectivity index (χ0n) is 11.2. The molecule has 0 spiro atoms. The predicted octanol–water partition coefficient (Wildman–Crippen LogP) is 2.61. The number of aryl methyl sites for hydroxylation is 1. The van der Waals surface area contributed by atoms with E-state index in [0.717, 1.165) is 18.9 Å². The zero-order valence-corrected chi connectivity index (χ0v) is 11.2. The van der Waals surface area contributed by atoms with E-state index in [1.54, 1.807) is 0 Å². The molecule has 92 valence electrons. The van der Waals surface area contributed by atoms with Gasteiger partial charge in [-0.25, -0.2) is 4.98 Å². The van der Waals surface area contributed by atoms with E-state index in [0.29, 0.717) is 6.04 Å². The van der Waals surface area contributed by atoms with Gasteiger partial charge in [0.2, 0.25) is 0 Å². The van der Waals surface area contributed by atoms with Crippen LogP contribution in [0.4, 0.5) is 0 Å². The molecule has 0 bridgehead atoms. The minimum atomic E-state index is 0.270. The fourth-order valence-electron chi connectivity index (χ4n) is 1.76. The van der Waals surface area contributed by atoms with E-state index in [9.17, 15) is 0 Å². The van der Waals surface area contributed by atoms with E-state index in [2.05, 4.69) is 55.7 Å². The van der Waals surface area contributed by atoms with Crippen LogP contribution in [0.1, 0.15) is 39.9 Å². The normalized spacial score (nSPS) is 14.1. The van der Waals surface area contributed by atoms with Crippen molar-refractivity contribution in [3.63, 3.8) is 0 Å². The summed E-state index contributed by atoms with van der Waals surface area (Å²) in [6.07, 6.45) is 5.10. The number of aromatic nitrogens is 2. The molecule has 0 radical (unpaired) electrons. The molecule has 0 amide bonds. The summed E-state index contributed by atoms with van der Waals surface area (Å²) in [4.78, 5) is 4.27. The maximum atomic E-state index is 4.27.